The van der Waals surface area contributed by atoms with Gasteiger partial charge >= 0.3 is 5.97 Å². The van der Waals surface area contributed by atoms with Gasteiger partial charge in [0, 0.05) is 18.5 Å². The molecule has 1 aliphatic heterocycles. The molecule has 0 aliphatic carbocycles. The van der Waals surface area contributed by atoms with Gasteiger partial charge in [0.1, 0.15) is 4.88 Å². The number of aryl methyl sites for hydroxylation is 1. The van der Waals surface area contributed by atoms with Gasteiger partial charge < -0.3 is 10.0 Å². The summed E-state index contributed by atoms with van der Waals surface area (Å²) in [5.41, 5.74) is 2.59. The first-order chi connectivity index (χ1) is 10.6. The summed E-state index contributed by atoms with van der Waals surface area (Å²) >= 11 is 1.32. The number of nitrogens with zero attached hydrogens (tertiary/aromatic N) is 2. The quantitative estimate of drug-likeness (QED) is 0.918. The highest BCUT2D eigenvalue weighted by molar-refractivity contribution is 7.14. The zero-order valence-corrected chi connectivity index (χ0v) is 13.5. The summed E-state index contributed by atoms with van der Waals surface area (Å²) in [6, 6.07) is 7.82. The standard InChI is InChI=1S/C17H20N2O2S/c1-12-6-2-3-7-13(12)15-16(17(20)21)22-14(18-15)8-11-19-9-4-5-10-19/h2-3,6-7H,4-5,8-11H2,1H3,(H,20,21). The van der Waals surface area contributed by atoms with Gasteiger partial charge in [-0.25, -0.2) is 9.78 Å². The smallest absolute Gasteiger partial charge is 0.348 e. The van der Waals surface area contributed by atoms with Crippen LogP contribution in [0.25, 0.3) is 11.3 Å². The largest absolute Gasteiger partial charge is 0.477 e. The molecule has 2 aromatic rings. The van der Waals surface area contributed by atoms with Crippen LogP contribution in [-0.4, -0.2) is 40.6 Å². The number of carboxylic acids is 1. The van der Waals surface area contributed by atoms with Crippen molar-refractivity contribution >= 4 is 17.3 Å². The van der Waals surface area contributed by atoms with Gasteiger partial charge in [0.2, 0.25) is 0 Å². The first-order valence-electron chi connectivity index (χ1n) is 7.66. The van der Waals surface area contributed by atoms with E-state index in [4.69, 9.17) is 0 Å². The van der Waals surface area contributed by atoms with Crippen molar-refractivity contribution in [1.82, 2.24) is 9.88 Å². The molecule has 0 bridgehead atoms. The van der Waals surface area contributed by atoms with Crippen molar-refractivity contribution in [2.45, 2.75) is 26.2 Å². The Morgan fingerprint density at radius 2 is 2.05 bits per heavy atom. The molecule has 1 fully saturated rings. The number of rotatable bonds is 5. The fourth-order valence-electron chi connectivity index (χ4n) is 2.90. The fourth-order valence-corrected chi connectivity index (χ4v) is 3.80. The lowest BCUT2D eigenvalue weighted by atomic mass is 10.1. The first-order valence-corrected chi connectivity index (χ1v) is 8.48. The number of thiazole rings is 1. The van der Waals surface area contributed by atoms with E-state index in [0.717, 1.165) is 42.2 Å². The molecule has 0 radical (unpaired) electrons. The predicted molar refractivity (Wildman–Crippen MR) is 88.6 cm³/mol. The minimum Gasteiger partial charge on any atom is -0.477 e. The van der Waals surface area contributed by atoms with Crippen LogP contribution in [0.5, 0.6) is 0 Å². The van der Waals surface area contributed by atoms with E-state index in [2.05, 4.69) is 9.88 Å². The summed E-state index contributed by atoms with van der Waals surface area (Å²) in [5.74, 6) is -0.886. The molecule has 22 heavy (non-hydrogen) atoms. The number of aromatic nitrogens is 1. The number of hydrogen-bond acceptors (Lipinski definition) is 4. The Kier molecular flexibility index (Phi) is 4.55. The fraction of sp³-hybridized carbons (Fsp3) is 0.412. The van der Waals surface area contributed by atoms with Crippen LogP contribution in [0, 0.1) is 6.92 Å². The van der Waals surface area contributed by atoms with Crippen LogP contribution in [0.15, 0.2) is 24.3 Å². The van der Waals surface area contributed by atoms with Crippen molar-refractivity contribution in [1.29, 1.82) is 0 Å². The van der Waals surface area contributed by atoms with Gasteiger partial charge in [-0.1, -0.05) is 24.3 Å². The maximum absolute atomic E-state index is 11.5. The van der Waals surface area contributed by atoms with E-state index in [9.17, 15) is 9.90 Å². The minimum atomic E-state index is -0.886. The Balaban J connectivity index is 1.86. The van der Waals surface area contributed by atoms with Crippen molar-refractivity contribution in [3.63, 3.8) is 0 Å². The number of aromatic carboxylic acids is 1. The highest BCUT2D eigenvalue weighted by Crippen LogP contribution is 2.30. The van der Waals surface area contributed by atoms with Crippen LogP contribution >= 0.6 is 11.3 Å². The monoisotopic (exact) mass is 316 g/mol. The second-order valence-corrected chi connectivity index (χ2v) is 6.79. The SMILES string of the molecule is Cc1ccccc1-c1nc(CCN2CCCC2)sc1C(=O)O. The summed E-state index contributed by atoms with van der Waals surface area (Å²) < 4.78 is 0. The van der Waals surface area contributed by atoms with E-state index in [-0.39, 0.29) is 0 Å². The second-order valence-electron chi connectivity index (χ2n) is 5.70. The summed E-state index contributed by atoms with van der Waals surface area (Å²) in [7, 11) is 0. The predicted octanol–water partition coefficient (Wildman–Crippen LogP) is 3.46. The second kappa shape index (κ2) is 6.58. The van der Waals surface area contributed by atoms with Gasteiger partial charge in [-0.15, -0.1) is 11.3 Å². The van der Waals surface area contributed by atoms with E-state index in [1.165, 1.54) is 24.2 Å². The third kappa shape index (κ3) is 3.20. The van der Waals surface area contributed by atoms with Crippen LogP contribution < -0.4 is 0 Å². The number of carbonyl (C=O) groups is 1. The third-order valence-electron chi connectivity index (χ3n) is 4.11. The highest BCUT2D eigenvalue weighted by Gasteiger charge is 2.20. The third-order valence-corrected chi connectivity index (χ3v) is 5.21. The molecule has 3 rings (SSSR count). The summed E-state index contributed by atoms with van der Waals surface area (Å²) in [6.07, 6.45) is 3.37. The topological polar surface area (TPSA) is 53.4 Å². The number of carboxylic acid groups (broad SMARTS) is 1. The van der Waals surface area contributed by atoms with Crippen molar-refractivity contribution in [3.05, 3.63) is 39.7 Å². The summed E-state index contributed by atoms with van der Waals surface area (Å²) in [6.45, 7) is 5.27. The van der Waals surface area contributed by atoms with Gasteiger partial charge in [0.25, 0.3) is 0 Å². The average molecular weight is 316 g/mol. The molecule has 1 N–H and O–H groups in total. The van der Waals surface area contributed by atoms with Crippen LogP contribution in [0.4, 0.5) is 0 Å². The average Bonchev–Trinajstić information content (AvgIpc) is 3.15. The first kappa shape index (κ1) is 15.2. The molecule has 0 spiro atoms. The van der Waals surface area contributed by atoms with Gasteiger partial charge in [-0.05, 0) is 38.4 Å². The van der Waals surface area contributed by atoms with Crippen molar-refractivity contribution < 1.29 is 9.90 Å². The molecule has 0 saturated carbocycles. The molecule has 1 aromatic carbocycles. The van der Waals surface area contributed by atoms with Crippen molar-refractivity contribution in [3.8, 4) is 11.3 Å². The van der Waals surface area contributed by atoms with Gasteiger partial charge in [-0.3, -0.25) is 0 Å². The van der Waals surface area contributed by atoms with Crippen LogP contribution in [0.1, 0.15) is 33.1 Å². The van der Waals surface area contributed by atoms with Crippen molar-refractivity contribution in [2.24, 2.45) is 0 Å². The Bertz CT molecular complexity index is 675. The van der Waals surface area contributed by atoms with Gasteiger partial charge in [0.15, 0.2) is 0 Å². The number of likely N-dealkylation sites (tertiary alicyclic amines) is 1. The molecule has 4 nitrogen and oxygen atoms in total. The van der Waals surface area contributed by atoms with Crippen LogP contribution in [-0.2, 0) is 6.42 Å². The molecule has 116 valence electrons. The highest BCUT2D eigenvalue weighted by atomic mass is 32.1. The van der Waals surface area contributed by atoms with Crippen molar-refractivity contribution in [2.75, 3.05) is 19.6 Å². The lowest BCUT2D eigenvalue weighted by Gasteiger charge is -2.12. The maximum Gasteiger partial charge on any atom is 0.348 e. The molecule has 0 unspecified atom stereocenters. The Morgan fingerprint density at radius 1 is 1.32 bits per heavy atom. The normalized spacial score (nSPS) is 15.3. The van der Waals surface area contributed by atoms with Gasteiger partial charge in [-0.2, -0.15) is 0 Å². The Morgan fingerprint density at radius 3 is 2.73 bits per heavy atom. The molecule has 5 heteroatoms. The zero-order chi connectivity index (χ0) is 15.5. The van der Waals surface area contributed by atoms with Gasteiger partial charge in [0.05, 0.1) is 10.7 Å². The molecule has 2 heterocycles. The van der Waals surface area contributed by atoms with Crippen LogP contribution in [0.2, 0.25) is 0 Å². The summed E-state index contributed by atoms with van der Waals surface area (Å²) in [5, 5.41) is 10.4. The Hall–Kier alpha value is -1.72. The lowest BCUT2D eigenvalue weighted by molar-refractivity contribution is 0.0702. The zero-order valence-electron chi connectivity index (χ0n) is 12.7. The summed E-state index contributed by atoms with van der Waals surface area (Å²) in [4.78, 5) is 19.0. The van der Waals surface area contributed by atoms with E-state index in [1.54, 1.807) is 0 Å². The van der Waals surface area contributed by atoms with Crippen LogP contribution in [0.3, 0.4) is 0 Å². The minimum absolute atomic E-state index is 0.353. The van der Waals surface area contributed by atoms with E-state index < -0.39 is 5.97 Å². The molecule has 0 atom stereocenters. The molecular formula is C17H20N2O2S. The molecule has 1 aliphatic rings. The molecule has 1 aromatic heterocycles. The molecule has 0 amide bonds. The molecular weight excluding hydrogens is 296 g/mol. The number of hydrogen-bond donors (Lipinski definition) is 1. The molecule has 1 saturated heterocycles. The maximum atomic E-state index is 11.5. The Labute approximate surface area is 134 Å². The van der Waals surface area contributed by atoms with E-state index >= 15 is 0 Å². The van der Waals surface area contributed by atoms with E-state index in [1.807, 2.05) is 31.2 Å². The number of benzene rings is 1. The van der Waals surface area contributed by atoms with E-state index in [0.29, 0.717) is 10.6 Å². The lowest BCUT2D eigenvalue weighted by Crippen LogP contribution is -2.21.